The Kier molecular flexibility index (Phi) is 9.21. The van der Waals surface area contributed by atoms with Crippen molar-refractivity contribution < 1.29 is 14.6 Å². The number of ether oxygens (including phenoxy) is 1. The van der Waals surface area contributed by atoms with Gasteiger partial charge in [-0.1, -0.05) is 45.7 Å². The molecule has 29 heavy (non-hydrogen) atoms. The van der Waals surface area contributed by atoms with Crippen LogP contribution in [0.5, 0.6) is 11.5 Å². The minimum atomic E-state index is -0.406. The summed E-state index contributed by atoms with van der Waals surface area (Å²) >= 11 is 17.0. The number of phenolic OH excluding ortho intramolecular Hbond substituents is 1. The van der Waals surface area contributed by atoms with Crippen LogP contribution in [0.3, 0.4) is 0 Å². The molecule has 0 unspecified atom stereocenters. The second-order valence-electron chi connectivity index (χ2n) is 6.37. The van der Waals surface area contributed by atoms with E-state index in [2.05, 4.69) is 104 Å². The number of aromatic hydroxyl groups is 1. The summed E-state index contributed by atoms with van der Waals surface area (Å²) in [4.78, 5) is 12.2. The molecule has 0 radical (unpaired) electrons. The molecule has 2 N–H and O–H groups in total. The normalized spacial score (nSPS) is 11.3. The topological polar surface area (TPSA) is 70.9 Å². The van der Waals surface area contributed by atoms with E-state index < -0.39 is 5.91 Å². The van der Waals surface area contributed by atoms with Gasteiger partial charge in [-0.2, -0.15) is 5.10 Å². The highest BCUT2D eigenvalue weighted by atomic mass is 79.9. The predicted molar refractivity (Wildman–Crippen MR) is 133 cm³/mol. The Hall–Kier alpha value is -0.420. The van der Waals surface area contributed by atoms with Gasteiger partial charge in [0.1, 0.15) is 11.5 Å². The Morgan fingerprint density at radius 1 is 1.14 bits per heavy atom. The zero-order valence-electron chi connectivity index (χ0n) is 15.6. The van der Waals surface area contributed by atoms with Crippen LogP contribution < -0.4 is 10.2 Å². The highest BCUT2D eigenvalue weighted by Gasteiger charge is 2.18. The average molecular weight is 721 g/mol. The van der Waals surface area contributed by atoms with Crippen LogP contribution in [0.15, 0.2) is 39.6 Å². The van der Waals surface area contributed by atoms with E-state index in [9.17, 15) is 9.90 Å². The SMILES string of the molecule is Cc1c(Br)cc(C(C)C)c(OCC(=O)N/N=C\c2c(Br)cc(Br)c(O)c2Br)c1Br. The van der Waals surface area contributed by atoms with Crippen molar-refractivity contribution in [3.63, 3.8) is 0 Å². The molecule has 5 nitrogen and oxygen atoms in total. The second-order valence-corrected chi connectivity index (χ2v) is 10.5. The molecule has 0 bridgehead atoms. The fraction of sp³-hybridized carbons (Fsp3) is 0.263. The summed E-state index contributed by atoms with van der Waals surface area (Å²) in [6, 6.07) is 3.69. The molecule has 1 amide bonds. The van der Waals surface area contributed by atoms with Gasteiger partial charge in [-0.05, 0) is 83.9 Å². The number of benzene rings is 2. The van der Waals surface area contributed by atoms with Crippen LogP contribution in [-0.4, -0.2) is 23.8 Å². The number of nitrogens with zero attached hydrogens (tertiary/aromatic N) is 1. The first-order valence-electron chi connectivity index (χ1n) is 8.34. The molecule has 0 aliphatic heterocycles. The van der Waals surface area contributed by atoms with Crippen LogP contribution in [0.25, 0.3) is 0 Å². The minimum absolute atomic E-state index is 0.0426. The van der Waals surface area contributed by atoms with Gasteiger partial charge in [-0.15, -0.1) is 0 Å². The Morgan fingerprint density at radius 3 is 2.41 bits per heavy atom. The molecule has 156 valence electrons. The highest BCUT2D eigenvalue weighted by Crippen LogP contribution is 2.40. The van der Waals surface area contributed by atoms with E-state index in [0.717, 1.165) is 20.1 Å². The number of hydrogen-bond acceptors (Lipinski definition) is 4. The molecule has 0 saturated carbocycles. The quantitative estimate of drug-likeness (QED) is 0.246. The summed E-state index contributed by atoms with van der Waals surface area (Å²) in [7, 11) is 0. The van der Waals surface area contributed by atoms with Gasteiger partial charge in [0.15, 0.2) is 6.61 Å². The Bertz CT molecular complexity index is 977. The van der Waals surface area contributed by atoms with Crippen LogP contribution in [0.2, 0.25) is 0 Å². The molecule has 0 saturated heterocycles. The molecule has 0 aromatic heterocycles. The van der Waals surface area contributed by atoms with Crippen molar-refractivity contribution in [2.24, 2.45) is 5.10 Å². The highest BCUT2D eigenvalue weighted by molar-refractivity contribution is 9.12. The third-order valence-corrected chi connectivity index (χ3v) is 7.81. The molecule has 0 spiro atoms. The van der Waals surface area contributed by atoms with E-state index in [1.807, 2.05) is 13.0 Å². The largest absolute Gasteiger partial charge is 0.506 e. The van der Waals surface area contributed by atoms with E-state index >= 15 is 0 Å². The number of halogens is 5. The molecule has 0 aliphatic rings. The van der Waals surface area contributed by atoms with Gasteiger partial charge in [0.25, 0.3) is 5.91 Å². The van der Waals surface area contributed by atoms with Gasteiger partial charge < -0.3 is 9.84 Å². The summed E-state index contributed by atoms with van der Waals surface area (Å²) < 4.78 is 9.25. The number of hydrogen-bond donors (Lipinski definition) is 2. The van der Waals surface area contributed by atoms with Crippen LogP contribution in [-0.2, 0) is 4.79 Å². The van der Waals surface area contributed by atoms with Crippen molar-refractivity contribution in [3.8, 4) is 11.5 Å². The minimum Gasteiger partial charge on any atom is -0.506 e. The molecule has 2 aromatic rings. The number of carbonyl (C=O) groups excluding carboxylic acids is 1. The molecule has 0 heterocycles. The summed E-state index contributed by atoms with van der Waals surface area (Å²) in [5.74, 6) is 0.500. The Balaban J connectivity index is 2.10. The summed E-state index contributed by atoms with van der Waals surface area (Å²) in [5, 5.41) is 13.9. The first-order chi connectivity index (χ1) is 13.5. The maximum absolute atomic E-state index is 12.2. The molecule has 0 fully saturated rings. The number of rotatable bonds is 6. The maximum atomic E-state index is 12.2. The zero-order chi connectivity index (χ0) is 21.9. The fourth-order valence-electron chi connectivity index (χ4n) is 2.34. The first-order valence-corrected chi connectivity index (χ1v) is 12.3. The number of phenols is 1. The Morgan fingerprint density at radius 2 is 1.79 bits per heavy atom. The lowest BCUT2D eigenvalue weighted by Gasteiger charge is -2.18. The van der Waals surface area contributed by atoms with Crippen molar-refractivity contribution in [3.05, 3.63) is 51.2 Å². The van der Waals surface area contributed by atoms with Gasteiger partial charge in [0.2, 0.25) is 0 Å². The molecule has 0 atom stereocenters. The number of carbonyl (C=O) groups is 1. The van der Waals surface area contributed by atoms with Crippen LogP contribution in [0.4, 0.5) is 0 Å². The van der Waals surface area contributed by atoms with Crippen LogP contribution >= 0.6 is 79.6 Å². The summed E-state index contributed by atoms with van der Waals surface area (Å²) in [6.45, 7) is 5.89. The van der Waals surface area contributed by atoms with Gasteiger partial charge in [-0.3, -0.25) is 4.79 Å². The van der Waals surface area contributed by atoms with Crippen molar-refractivity contribution in [1.82, 2.24) is 5.43 Å². The lowest BCUT2D eigenvalue weighted by molar-refractivity contribution is -0.123. The van der Waals surface area contributed by atoms with E-state index in [1.54, 1.807) is 6.07 Å². The van der Waals surface area contributed by atoms with Gasteiger partial charge >= 0.3 is 0 Å². The number of amides is 1. The van der Waals surface area contributed by atoms with E-state index in [0.29, 0.717) is 24.7 Å². The van der Waals surface area contributed by atoms with E-state index in [4.69, 9.17) is 4.74 Å². The lowest BCUT2D eigenvalue weighted by atomic mass is 10.0. The third-order valence-electron chi connectivity index (χ3n) is 3.97. The maximum Gasteiger partial charge on any atom is 0.277 e. The third kappa shape index (κ3) is 6.06. The smallest absolute Gasteiger partial charge is 0.277 e. The first kappa shape index (κ1) is 24.8. The molecular formula is C19H17Br5N2O3. The average Bonchev–Trinajstić information content (AvgIpc) is 2.65. The molecular weight excluding hydrogens is 704 g/mol. The van der Waals surface area contributed by atoms with Crippen molar-refractivity contribution in [2.75, 3.05) is 6.61 Å². The molecule has 2 aromatic carbocycles. The standard InChI is InChI=1S/C19H17Br5N2O3/c1-8(2)10-4-12(20)9(3)16(23)19(10)29-7-15(27)26-25-6-11-13(21)5-14(22)18(28)17(11)24/h4-6,8,28H,7H2,1-3H3,(H,26,27)/b25-6-. The lowest BCUT2D eigenvalue weighted by Crippen LogP contribution is -2.25. The molecule has 2 rings (SSSR count). The van der Waals surface area contributed by atoms with Crippen molar-refractivity contribution >= 4 is 91.8 Å². The summed E-state index contributed by atoms with van der Waals surface area (Å²) in [5.41, 5.74) is 5.00. The van der Waals surface area contributed by atoms with Crippen molar-refractivity contribution in [2.45, 2.75) is 26.7 Å². The van der Waals surface area contributed by atoms with Gasteiger partial charge in [0, 0.05) is 14.5 Å². The molecule has 0 aliphatic carbocycles. The fourth-order valence-corrected chi connectivity index (χ4v) is 5.93. The zero-order valence-corrected chi connectivity index (χ0v) is 23.5. The van der Waals surface area contributed by atoms with Crippen LogP contribution in [0.1, 0.15) is 36.5 Å². The van der Waals surface area contributed by atoms with Crippen molar-refractivity contribution in [1.29, 1.82) is 0 Å². The van der Waals surface area contributed by atoms with Crippen LogP contribution in [0, 0.1) is 6.92 Å². The van der Waals surface area contributed by atoms with Gasteiger partial charge in [-0.25, -0.2) is 5.43 Å². The predicted octanol–water partition coefficient (Wildman–Crippen LogP) is 7.17. The monoisotopic (exact) mass is 716 g/mol. The Labute approximate surface area is 211 Å². The summed E-state index contributed by atoms with van der Waals surface area (Å²) in [6.07, 6.45) is 1.43. The second kappa shape index (κ2) is 10.7. The van der Waals surface area contributed by atoms with E-state index in [-0.39, 0.29) is 18.3 Å². The number of nitrogens with one attached hydrogen (secondary N) is 1. The number of hydrazone groups is 1. The van der Waals surface area contributed by atoms with Gasteiger partial charge in [0.05, 0.1) is 19.6 Å². The van der Waals surface area contributed by atoms with E-state index in [1.165, 1.54) is 6.21 Å². The molecule has 10 heteroatoms.